The highest BCUT2D eigenvalue weighted by molar-refractivity contribution is 5.97. The van der Waals surface area contributed by atoms with Crippen molar-refractivity contribution in [2.24, 2.45) is 0 Å². The molecule has 0 aliphatic rings. The van der Waals surface area contributed by atoms with Crippen LogP contribution in [0.3, 0.4) is 0 Å². The van der Waals surface area contributed by atoms with Crippen molar-refractivity contribution < 1.29 is 9.90 Å². The number of aromatic hydroxyl groups is 1. The molecular formula is C11H15NO2. The Bertz CT molecular complexity index is 370. The zero-order valence-electron chi connectivity index (χ0n) is 8.96. The second kappa shape index (κ2) is 3.70. The van der Waals surface area contributed by atoms with Crippen molar-refractivity contribution in [2.45, 2.75) is 13.8 Å². The van der Waals surface area contributed by atoms with Crippen LogP contribution < -0.4 is 0 Å². The molecule has 0 bridgehead atoms. The summed E-state index contributed by atoms with van der Waals surface area (Å²) in [5.41, 5.74) is 2.08. The number of phenolic OH excluding ortho intramolecular Hbond substituents is 1. The Hall–Kier alpha value is -1.51. The van der Waals surface area contributed by atoms with E-state index in [1.807, 2.05) is 13.0 Å². The van der Waals surface area contributed by atoms with Gasteiger partial charge in [-0.2, -0.15) is 0 Å². The van der Waals surface area contributed by atoms with Gasteiger partial charge >= 0.3 is 0 Å². The van der Waals surface area contributed by atoms with Crippen molar-refractivity contribution in [1.29, 1.82) is 0 Å². The second-order valence-corrected chi connectivity index (χ2v) is 3.68. The lowest BCUT2D eigenvalue weighted by Crippen LogP contribution is -2.22. The topological polar surface area (TPSA) is 40.5 Å². The molecule has 1 amide bonds. The Labute approximate surface area is 84.0 Å². The van der Waals surface area contributed by atoms with Gasteiger partial charge in [0.05, 0.1) is 5.56 Å². The van der Waals surface area contributed by atoms with Crippen molar-refractivity contribution in [2.75, 3.05) is 14.1 Å². The maximum absolute atomic E-state index is 11.6. The van der Waals surface area contributed by atoms with Crippen LogP contribution in [0.2, 0.25) is 0 Å². The van der Waals surface area contributed by atoms with Crippen LogP contribution in [0.4, 0.5) is 0 Å². The predicted octanol–water partition coefficient (Wildman–Crippen LogP) is 1.71. The Morgan fingerprint density at radius 2 is 1.86 bits per heavy atom. The number of rotatable bonds is 1. The van der Waals surface area contributed by atoms with Crippen molar-refractivity contribution >= 4 is 5.91 Å². The molecule has 0 radical (unpaired) electrons. The van der Waals surface area contributed by atoms with E-state index < -0.39 is 0 Å². The summed E-state index contributed by atoms with van der Waals surface area (Å²) in [6.07, 6.45) is 0. The molecule has 0 saturated carbocycles. The zero-order chi connectivity index (χ0) is 10.9. The first kappa shape index (κ1) is 10.6. The lowest BCUT2D eigenvalue weighted by Gasteiger charge is -2.13. The first-order valence-electron chi connectivity index (χ1n) is 4.45. The van der Waals surface area contributed by atoms with Crippen molar-refractivity contribution in [3.8, 4) is 5.75 Å². The number of aryl methyl sites for hydroxylation is 2. The number of carbonyl (C=O) groups is 1. The minimum absolute atomic E-state index is 0.0781. The van der Waals surface area contributed by atoms with Crippen molar-refractivity contribution in [3.63, 3.8) is 0 Å². The number of benzene rings is 1. The highest BCUT2D eigenvalue weighted by Crippen LogP contribution is 2.24. The summed E-state index contributed by atoms with van der Waals surface area (Å²) in [5, 5.41) is 9.69. The zero-order valence-corrected chi connectivity index (χ0v) is 8.96. The van der Waals surface area contributed by atoms with Gasteiger partial charge in [0.25, 0.3) is 5.91 Å². The third kappa shape index (κ3) is 1.87. The van der Waals surface area contributed by atoms with Crippen LogP contribution in [0, 0.1) is 13.8 Å². The summed E-state index contributed by atoms with van der Waals surface area (Å²) < 4.78 is 0. The van der Waals surface area contributed by atoms with Gasteiger partial charge in [0.2, 0.25) is 0 Å². The first-order chi connectivity index (χ1) is 6.43. The fraction of sp³-hybridized carbons (Fsp3) is 0.364. The number of amides is 1. The molecule has 1 aromatic carbocycles. The van der Waals surface area contributed by atoms with E-state index in [0.717, 1.165) is 11.1 Å². The average molecular weight is 193 g/mol. The summed E-state index contributed by atoms with van der Waals surface area (Å²) in [6.45, 7) is 3.69. The Morgan fingerprint density at radius 1 is 1.29 bits per heavy atom. The molecule has 3 nitrogen and oxygen atoms in total. The van der Waals surface area contributed by atoms with E-state index in [9.17, 15) is 9.90 Å². The predicted molar refractivity (Wildman–Crippen MR) is 55.6 cm³/mol. The average Bonchev–Trinajstić information content (AvgIpc) is 2.09. The van der Waals surface area contributed by atoms with Crippen LogP contribution in [-0.4, -0.2) is 30.0 Å². The highest BCUT2D eigenvalue weighted by Gasteiger charge is 2.14. The molecule has 0 fully saturated rings. The summed E-state index contributed by atoms with van der Waals surface area (Å²) in [5.74, 6) is -0.0939. The maximum atomic E-state index is 11.6. The SMILES string of the molecule is Cc1cc(C)c(O)c(C(=O)N(C)C)c1. The first-order valence-corrected chi connectivity index (χ1v) is 4.45. The molecule has 1 aromatic rings. The van der Waals surface area contributed by atoms with E-state index in [4.69, 9.17) is 0 Å². The highest BCUT2D eigenvalue weighted by atomic mass is 16.3. The van der Waals surface area contributed by atoms with E-state index in [2.05, 4.69) is 0 Å². The summed E-state index contributed by atoms with van der Waals surface area (Å²) in [4.78, 5) is 13.1. The van der Waals surface area contributed by atoms with Gasteiger partial charge in [-0.1, -0.05) is 6.07 Å². The fourth-order valence-corrected chi connectivity index (χ4v) is 1.36. The van der Waals surface area contributed by atoms with E-state index in [1.54, 1.807) is 27.1 Å². The number of nitrogens with zero attached hydrogens (tertiary/aromatic N) is 1. The number of phenols is 1. The smallest absolute Gasteiger partial charge is 0.257 e. The van der Waals surface area contributed by atoms with Gasteiger partial charge in [-0.25, -0.2) is 0 Å². The lowest BCUT2D eigenvalue weighted by molar-refractivity contribution is 0.0824. The molecule has 3 heteroatoms. The second-order valence-electron chi connectivity index (χ2n) is 3.68. The van der Waals surface area contributed by atoms with Crippen LogP contribution >= 0.6 is 0 Å². The summed E-state index contributed by atoms with van der Waals surface area (Å²) in [7, 11) is 3.33. The molecular weight excluding hydrogens is 178 g/mol. The minimum Gasteiger partial charge on any atom is -0.507 e. The van der Waals surface area contributed by atoms with E-state index >= 15 is 0 Å². The largest absolute Gasteiger partial charge is 0.507 e. The Morgan fingerprint density at radius 3 is 2.36 bits per heavy atom. The van der Waals surface area contributed by atoms with Crippen LogP contribution in [0.5, 0.6) is 5.75 Å². The van der Waals surface area contributed by atoms with Gasteiger partial charge in [0.15, 0.2) is 0 Å². The molecule has 0 saturated heterocycles. The van der Waals surface area contributed by atoms with Gasteiger partial charge < -0.3 is 10.0 Å². The standard InChI is InChI=1S/C11H15NO2/c1-7-5-8(2)10(13)9(6-7)11(14)12(3)4/h5-6,13H,1-4H3. The van der Waals surface area contributed by atoms with E-state index in [1.165, 1.54) is 4.90 Å². The molecule has 14 heavy (non-hydrogen) atoms. The molecule has 0 atom stereocenters. The van der Waals surface area contributed by atoms with Crippen LogP contribution in [0.15, 0.2) is 12.1 Å². The van der Waals surface area contributed by atoms with E-state index in [-0.39, 0.29) is 11.7 Å². The third-order valence-electron chi connectivity index (χ3n) is 2.08. The molecule has 76 valence electrons. The van der Waals surface area contributed by atoms with Crippen LogP contribution in [0.1, 0.15) is 21.5 Å². The van der Waals surface area contributed by atoms with Gasteiger partial charge in [-0.05, 0) is 31.0 Å². The molecule has 0 unspecified atom stereocenters. The number of carbonyl (C=O) groups excluding carboxylic acids is 1. The molecule has 0 heterocycles. The Kier molecular flexibility index (Phi) is 2.79. The van der Waals surface area contributed by atoms with Gasteiger partial charge in [-0.3, -0.25) is 4.79 Å². The van der Waals surface area contributed by atoms with Gasteiger partial charge in [-0.15, -0.1) is 0 Å². The maximum Gasteiger partial charge on any atom is 0.257 e. The normalized spacial score (nSPS) is 10.0. The third-order valence-corrected chi connectivity index (χ3v) is 2.08. The van der Waals surface area contributed by atoms with Gasteiger partial charge in [0.1, 0.15) is 5.75 Å². The molecule has 0 aliphatic heterocycles. The van der Waals surface area contributed by atoms with Crippen LogP contribution in [0.25, 0.3) is 0 Å². The minimum atomic E-state index is -0.172. The van der Waals surface area contributed by atoms with Gasteiger partial charge in [0, 0.05) is 14.1 Å². The summed E-state index contributed by atoms with van der Waals surface area (Å²) in [6, 6.07) is 3.55. The van der Waals surface area contributed by atoms with E-state index in [0.29, 0.717) is 5.56 Å². The van der Waals surface area contributed by atoms with Crippen LogP contribution in [-0.2, 0) is 0 Å². The van der Waals surface area contributed by atoms with Crippen molar-refractivity contribution in [1.82, 2.24) is 4.90 Å². The lowest BCUT2D eigenvalue weighted by atomic mass is 10.0. The quantitative estimate of drug-likeness (QED) is 0.737. The molecule has 1 rings (SSSR count). The Balaban J connectivity index is 3.27. The number of hydrogen-bond donors (Lipinski definition) is 1. The fourth-order valence-electron chi connectivity index (χ4n) is 1.36. The monoisotopic (exact) mass is 193 g/mol. The molecule has 0 aliphatic carbocycles. The van der Waals surface area contributed by atoms with Crippen molar-refractivity contribution in [3.05, 3.63) is 28.8 Å². The summed E-state index contributed by atoms with van der Waals surface area (Å²) >= 11 is 0. The molecule has 0 aromatic heterocycles. The molecule has 0 spiro atoms. The molecule has 1 N–H and O–H groups in total. The number of hydrogen-bond acceptors (Lipinski definition) is 2.